The van der Waals surface area contributed by atoms with Gasteiger partial charge in [-0.05, 0) is 0 Å². The second kappa shape index (κ2) is 5.11. The summed E-state index contributed by atoms with van der Waals surface area (Å²) in [4.78, 5) is 18.8. The van der Waals surface area contributed by atoms with E-state index < -0.39 is 5.91 Å². The maximum absolute atomic E-state index is 10.6. The van der Waals surface area contributed by atoms with Crippen molar-refractivity contribution in [3.8, 4) is 0 Å². The third-order valence-electron chi connectivity index (χ3n) is 1.68. The van der Waals surface area contributed by atoms with Crippen molar-refractivity contribution in [2.75, 3.05) is 17.3 Å². The number of hydrazine groups is 1. The lowest BCUT2D eigenvalue weighted by atomic mass is 10.4. The Morgan fingerprint density at radius 3 is 2.67 bits per heavy atom. The van der Waals surface area contributed by atoms with Crippen LogP contribution >= 0.6 is 0 Å². The molecule has 0 unspecified atom stereocenters. The predicted octanol–water partition coefficient (Wildman–Crippen LogP) is -0.778. The van der Waals surface area contributed by atoms with E-state index in [1.165, 1.54) is 0 Å². The summed E-state index contributed by atoms with van der Waals surface area (Å²) in [7, 11) is 0. The van der Waals surface area contributed by atoms with Gasteiger partial charge >= 0.3 is 0 Å². The van der Waals surface area contributed by atoms with Crippen LogP contribution in [0.4, 0.5) is 11.6 Å². The van der Waals surface area contributed by atoms with Crippen molar-refractivity contribution in [2.24, 2.45) is 11.6 Å². The van der Waals surface area contributed by atoms with E-state index in [-0.39, 0.29) is 6.54 Å². The minimum absolute atomic E-state index is 0.0319. The molecule has 0 saturated heterocycles. The maximum Gasteiger partial charge on any atom is 0.236 e. The van der Waals surface area contributed by atoms with Gasteiger partial charge in [0.05, 0.1) is 6.54 Å². The SMILES string of the molecule is CCc1nc(NN)cc(NCC(N)=O)n1. The van der Waals surface area contributed by atoms with Gasteiger partial charge in [0.2, 0.25) is 5.91 Å². The third-order valence-corrected chi connectivity index (χ3v) is 1.68. The van der Waals surface area contributed by atoms with Gasteiger partial charge in [-0.25, -0.2) is 15.8 Å². The van der Waals surface area contributed by atoms with Crippen molar-refractivity contribution in [1.82, 2.24) is 9.97 Å². The topological polar surface area (TPSA) is 119 Å². The number of nitrogen functional groups attached to an aromatic ring is 1. The average Bonchev–Trinajstić information content (AvgIpc) is 2.25. The highest BCUT2D eigenvalue weighted by molar-refractivity contribution is 5.78. The average molecular weight is 210 g/mol. The van der Waals surface area contributed by atoms with Crippen molar-refractivity contribution in [2.45, 2.75) is 13.3 Å². The summed E-state index contributed by atoms with van der Waals surface area (Å²) >= 11 is 0. The van der Waals surface area contributed by atoms with E-state index in [2.05, 4.69) is 20.7 Å². The summed E-state index contributed by atoms with van der Waals surface area (Å²) in [6, 6.07) is 1.60. The van der Waals surface area contributed by atoms with E-state index in [0.717, 1.165) is 0 Å². The van der Waals surface area contributed by atoms with Crippen LogP contribution in [-0.2, 0) is 11.2 Å². The molecule has 7 nitrogen and oxygen atoms in total. The Kier molecular flexibility index (Phi) is 3.81. The Hall–Kier alpha value is -1.89. The molecule has 1 amide bonds. The largest absolute Gasteiger partial charge is 0.368 e. The normalized spacial score (nSPS) is 9.73. The first-order valence-electron chi connectivity index (χ1n) is 4.52. The molecule has 0 saturated carbocycles. The molecule has 6 N–H and O–H groups in total. The molecule has 0 radical (unpaired) electrons. The number of nitrogens with two attached hydrogens (primary N) is 2. The number of primary amides is 1. The Morgan fingerprint density at radius 1 is 1.47 bits per heavy atom. The quantitative estimate of drug-likeness (QED) is 0.374. The number of amides is 1. The van der Waals surface area contributed by atoms with Crippen LogP contribution in [0.1, 0.15) is 12.7 Å². The number of nitrogens with zero attached hydrogens (tertiary/aromatic N) is 2. The Balaban J connectivity index is 2.81. The van der Waals surface area contributed by atoms with Gasteiger partial charge in [0.1, 0.15) is 17.5 Å². The van der Waals surface area contributed by atoms with E-state index in [1.54, 1.807) is 6.07 Å². The molecular formula is C8H14N6O. The van der Waals surface area contributed by atoms with Crippen LogP contribution in [-0.4, -0.2) is 22.4 Å². The molecule has 0 aliphatic carbocycles. The second-order valence-corrected chi connectivity index (χ2v) is 2.87. The molecule has 0 bridgehead atoms. The van der Waals surface area contributed by atoms with Gasteiger partial charge < -0.3 is 16.5 Å². The lowest BCUT2D eigenvalue weighted by Gasteiger charge is -2.07. The molecule has 0 aliphatic rings. The second-order valence-electron chi connectivity index (χ2n) is 2.87. The van der Waals surface area contributed by atoms with Crippen LogP contribution in [0.25, 0.3) is 0 Å². The van der Waals surface area contributed by atoms with Crippen LogP contribution < -0.4 is 22.3 Å². The fourth-order valence-corrected chi connectivity index (χ4v) is 0.997. The highest BCUT2D eigenvalue weighted by Gasteiger charge is 2.02. The summed E-state index contributed by atoms with van der Waals surface area (Å²) in [6.45, 7) is 1.96. The molecule has 1 rings (SSSR count). The van der Waals surface area contributed by atoms with Crippen LogP contribution in [0.5, 0.6) is 0 Å². The molecule has 15 heavy (non-hydrogen) atoms. The fraction of sp³-hybridized carbons (Fsp3) is 0.375. The molecular weight excluding hydrogens is 196 g/mol. The number of nitrogens with one attached hydrogen (secondary N) is 2. The van der Waals surface area contributed by atoms with Crippen molar-refractivity contribution < 1.29 is 4.79 Å². The summed E-state index contributed by atoms with van der Waals surface area (Å²) in [5.74, 6) is 6.44. The molecule has 0 aromatic carbocycles. The zero-order valence-corrected chi connectivity index (χ0v) is 8.45. The third kappa shape index (κ3) is 3.39. The number of carbonyl (C=O) groups is 1. The number of carbonyl (C=O) groups excluding carboxylic acids is 1. The molecule has 1 aromatic rings. The summed E-state index contributed by atoms with van der Waals surface area (Å²) < 4.78 is 0. The molecule has 0 atom stereocenters. The van der Waals surface area contributed by atoms with E-state index >= 15 is 0 Å². The molecule has 0 spiro atoms. The Morgan fingerprint density at radius 2 is 2.13 bits per heavy atom. The van der Waals surface area contributed by atoms with Crippen LogP contribution in [0.2, 0.25) is 0 Å². The van der Waals surface area contributed by atoms with Crippen molar-refractivity contribution >= 4 is 17.5 Å². The first-order valence-corrected chi connectivity index (χ1v) is 4.52. The smallest absolute Gasteiger partial charge is 0.236 e. The van der Waals surface area contributed by atoms with Crippen molar-refractivity contribution in [3.63, 3.8) is 0 Å². The number of rotatable bonds is 5. The molecule has 1 heterocycles. The molecule has 82 valence electrons. The molecule has 0 fully saturated rings. The van der Waals surface area contributed by atoms with Crippen molar-refractivity contribution in [3.05, 3.63) is 11.9 Å². The predicted molar refractivity (Wildman–Crippen MR) is 56.9 cm³/mol. The van der Waals surface area contributed by atoms with Gasteiger partial charge in [-0.2, -0.15) is 0 Å². The Labute approximate surface area is 87.2 Å². The van der Waals surface area contributed by atoms with E-state index in [1.807, 2.05) is 6.92 Å². The van der Waals surface area contributed by atoms with Gasteiger partial charge in [0, 0.05) is 12.5 Å². The van der Waals surface area contributed by atoms with Crippen LogP contribution in [0.15, 0.2) is 6.07 Å². The standard InChI is InChI=1S/C8H14N6O/c1-2-6-12-7(11-4-5(9)15)3-8(13-6)14-10/h3H,2,4,10H2,1H3,(H2,9,15)(H2,11,12,13,14). The highest BCUT2D eigenvalue weighted by Crippen LogP contribution is 2.10. The number of hydrogen-bond donors (Lipinski definition) is 4. The zero-order valence-electron chi connectivity index (χ0n) is 8.45. The van der Waals surface area contributed by atoms with Gasteiger partial charge in [-0.15, -0.1) is 0 Å². The summed E-state index contributed by atoms with van der Waals surface area (Å²) in [5.41, 5.74) is 7.42. The lowest BCUT2D eigenvalue weighted by molar-refractivity contribution is -0.116. The molecule has 1 aromatic heterocycles. The summed E-state index contributed by atoms with van der Waals surface area (Å²) in [6.07, 6.45) is 0.681. The van der Waals surface area contributed by atoms with Crippen LogP contribution in [0, 0.1) is 0 Å². The first-order chi connectivity index (χ1) is 7.15. The minimum Gasteiger partial charge on any atom is -0.368 e. The number of aryl methyl sites for hydroxylation is 1. The molecule has 0 aliphatic heterocycles. The van der Waals surface area contributed by atoms with Crippen molar-refractivity contribution in [1.29, 1.82) is 0 Å². The van der Waals surface area contributed by atoms with E-state index in [9.17, 15) is 4.79 Å². The number of hydrogen-bond acceptors (Lipinski definition) is 6. The van der Waals surface area contributed by atoms with Gasteiger partial charge in [-0.1, -0.05) is 6.92 Å². The highest BCUT2D eigenvalue weighted by atomic mass is 16.1. The summed E-state index contributed by atoms with van der Waals surface area (Å²) in [5, 5.41) is 2.77. The maximum atomic E-state index is 10.6. The van der Waals surface area contributed by atoms with Crippen LogP contribution in [0.3, 0.4) is 0 Å². The van der Waals surface area contributed by atoms with E-state index in [0.29, 0.717) is 23.9 Å². The minimum atomic E-state index is -0.450. The fourth-order valence-electron chi connectivity index (χ4n) is 0.997. The van der Waals surface area contributed by atoms with Gasteiger partial charge in [0.15, 0.2) is 0 Å². The monoisotopic (exact) mass is 210 g/mol. The van der Waals surface area contributed by atoms with E-state index in [4.69, 9.17) is 11.6 Å². The lowest BCUT2D eigenvalue weighted by Crippen LogP contribution is -2.22. The van der Waals surface area contributed by atoms with Gasteiger partial charge in [-0.3, -0.25) is 4.79 Å². The first kappa shape index (κ1) is 11.2. The number of anilines is 2. The Bertz CT molecular complexity index is 331. The van der Waals surface area contributed by atoms with Gasteiger partial charge in [0.25, 0.3) is 0 Å². The molecule has 7 heteroatoms. The number of aromatic nitrogens is 2. The zero-order chi connectivity index (χ0) is 11.3.